The van der Waals surface area contributed by atoms with Crippen LogP contribution in [0, 0.1) is 5.92 Å². The van der Waals surface area contributed by atoms with Crippen LogP contribution in [0.25, 0.3) is 0 Å². The van der Waals surface area contributed by atoms with Crippen molar-refractivity contribution in [2.24, 2.45) is 5.92 Å². The minimum atomic E-state index is 0.290. The fourth-order valence-corrected chi connectivity index (χ4v) is 3.35. The monoisotopic (exact) mass is 311 g/mol. The molecule has 2 aliphatic heterocycles. The molecule has 22 heavy (non-hydrogen) atoms. The molecule has 2 saturated heterocycles. The van der Waals surface area contributed by atoms with E-state index in [1.165, 1.54) is 6.42 Å². The van der Waals surface area contributed by atoms with E-state index in [4.69, 9.17) is 4.74 Å². The van der Waals surface area contributed by atoms with Gasteiger partial charge in [-0.05, 0) is 32.2 Å². The number of likely N-dealkylation sites (N-methyl/N-ethyl adjacent to an activating group) is 1. The van der Waals surface area contributed by atoms with E-state index >= 15 is 0 Å². The highest BCUT2D eigenvalue weighted by Gasteiger charge is 2.26. The highest BCUT2D eigenvalue weighted by Crippen LogP contribution is 2.20. The maximum Gasteiger partial charge on any atom is 0.223 e. The largest absolute Gasteiger partial charge is 0.377 e. The smallest absolute Gasteiger partial charge is 0.223 e. The van der Waals surface area contributed by atoms with Gasteiger partial charge in [0.15, 0.2) is 0 Å². The SMILES string of the molecule is CC(C)C[C@@H]1OCCC[C@@H]1NCCC(=O)N1CCN(C)CC1. The van der Waals surface area contributed by atoms with Crippen LogP contribution in [0.15, 0.2) is 0 Å². The Morgan fingerprint density at radius 2 is 2.00 bits per heavy atom. The van der Waals surface area contributed by atoms with E-state index in [1.54, 1.807) is 0 Å². The Balaban J connectivity index is 1.69. The van der Waals surface area contributed by atoms with Gasteiger partial charge in [0.2, 0.25) is 5.91 Å². The minimum absolute atomic E-state index is 0.290. The second kappa shape index (κ2) is 8.85. The lowest BCUT2D eigenvalue weighted by molar-refractivity contribution is -0.132. The second-order valence-electron chi connectivity index (χ2n) is 7.18. The Bertz CT molecular complexity index is 341. The second-order valence-corrected chi connectivity index (χ2v) is 7.18. The van der Waals surface area contributed by atoms with Crippen molar-refractivity contribution in [1.29, 1.82) is 0 Å². The molecule has 1 N–H and O–H groups in total. The van der Waals surface area contributed by atoms with Gasteiger partial charge in [-0.2, -0.15) is 0 Å². The summed E-state index contributed by atoms with van der Waals surface area (Å²) in [5.41, 5.74) is 0. The molecule has 2 atom stereocenters. The van der Waals surface area contributed by atoms with Gasteiger partial charge in [0.25, 0.3) is 0 Å². The molecule has 5 heteroatoms. The Kier molecular flexibility index (Phi) is 7.12. The van der Waals surface area contributed by atoms with Crippen LogP contribution in [0.2, 0.25) is 0 Å². The molecule has 0 bridgehead atoms. The van der Waals surface area contributed by atoms with E-state index in [0.717, 1.165) is 52.2 Å². The van der Waals surface area contributed by atoms with Gasteiger partial charge in [-0.3, -0.25) is 4.79 Å². The number of nitrogens with zero attached hydrogens (tertiary/aromatic N) is 2. The summed E-state index contributed by atoms with van der Waals surface area (Å²) in [6.45, 7) is 9.87. The molecule has 0 aromatic rings. The van der Waals surface area contributed by atoms with Gasteiger partial charge in [-0.25, -0.2) is 0 Å². The molecule has 0 aromatic carbocycles. The van der Waals surface area contributed by atoms with Crippen molar-refractivity contribution >= 4 is 5.91 Å². The minimum Gasteiger partial charge on any atom is -0.377 e. The van der Waals surface area contributed by atoms with Crippen molar-refractivity contribution in [2.45, 2.75) is 51.7 Å². The number of hydrogen-bond donors (Lipinski definition) is 1. The zero-order valence-corrected chi connectivity index (χ0v) is 14.5. The van der Waals surface area contributed by atoms with E-state index < -0.39 is 0 Å². The van der Waals surface area contributed by atoms with Crippen LogP contribution in [-0.2, 0) is 9.53 Å². The van der Waals surface area contributed by atoms with E-state index in [0.29, 0.717) is 24.5 Å². The molecular weight excluding hydrogens is 278 g/mol. The summed E-state index contributed by atoms with van der Waals surface area (Å²) < 4.78 is 5.92. The van der Waals surface area contributed by atoms with Crippen LogP contribution in [0.3, 0.4) is 0 Å². The first-order chi connectivity index (χ1) is 10.6. The Labute approximate surface area is 135 Å². The molecule has 2 heterocycles. The van der Waals surface area contributed by atoms with Crippen LogP contribution in [-0.4, -0.2) is 74.2 Å². The summed E-state index contributed by atoms with van der Waals surface area (Å²) in [5, 5.41) is 3.57. The third-order valence-corrected chi connectivity index (χ3v) is 4.75. The molecule has 2 rings (SSSR count). The van der Waals surface area contributed by atoms with E-state index in [2.05, 4.69) is 31.1 Å². The zero-order chi connectivity index (χ0) is 15.9. The van der Waals surface area contributed by atoms with Gasteiger partial charge >= 0.3 is 0 Å². The number of carbonyl (C=O) groups is 1. The summed E-state index contributed by atoms with van der Waals surface area (Å²) >= 11 is 0. The van der Waals surface area contributed by atoms with E-state index in [-0.39, 0.29) is 5.91 Å². The first-order valence-electron chi connectivity index (χ1n) is 8.87. The number of ether oxygens (including phenoxy) is 1. The van der Waals surface area contributed by atoms with E-state index in [9.17, 15) is 4.79 Å². The number of piperazine rings is 1. The molecule has 2 fully saturated rings. The predicted molar refractivity (Wildman–Crippen MR) is 88.9 cm³/mol. The average molecular weight is 311 g/mol. The standard InChI is InChI=1S/C17H33N3O2/c1-14(2)13-16-15(5-4-12-22-16)18-7-6-17(21)20-10-8-19(3)9-11-20/h14-16,18H,4-13H2,1-3H3/t15-,16-/m0/s1. The first-order valence-corrected chi connectivity index (χ1v) is 8.87. The number of hydrogen-bond acceptors (Lipinski definition) is 4. The normalized spacial score (nSPS) is 27.4. The van der Waals surface area contributed by atoms with Crippen LogP contribution in [0.4, 0.5) is 0 Å². The van der Waals surface area contributed by atoms with Gasteiger partial charge in [-0.15, -0.1) is 0 Å². The predicted octanol–water partition coefficient (Wildman–Crippen LogP) is 1.33. The number of nitrogens with one attached hydrogen (secondary N) is 1. The third-order valence-electron chi connectivity index (χ3n) is 4.75. The van der Waals surface area contributed by atoms with Crippen molar-refractivity contribution < 1.29 is 9.53 Å². The Morgan fingerprint density at radius 1 is 1.27 bits per heavy atom. The zero-order valence-electron chi connectivity index (χ0n) is 14.5. The maximum absolute atomic E-state index is 12.2. The van der Waals surface area contributed by atoms with Crippen molar-refractivity contribution in [1.82, 2.24) is 15.1 Å². The fraction of sp³-hybridized carbons (Fsp3) is 0.941. The van der Waals surface area contributed by atoms with Crippen LogP contribution < -0.4 is 5.32 Å². The van der Waals surface area contributed by atoms with Crippen molar-refractivity contribution in [3.05, 3.63) is 0 Å². The molecule has 0 unspecified atom stereocenters. The molecule has 1 amide bonds. The number of rotatable bonds is 6. The molecule has 2 aliphatic rings. The molecule has 0 radical (unpaired) electrons. The fourth-order valence-electron chi connectivity index (χ4n) is 3.35. The molecule has 128 valence electrons. The topological polar surface area (TPSA) is 44.8 Å². The lowest BCUT2D eigenvalue weighted by Gasteiger charge is -2.34. The molecular formula is C17H33N3O2. The number of amides is 1. The van der Waals surface area contributed by atoms with Crippen molar-refractivity contribution in [3.8, 4) is 0 Å². The highest BCUT2D eigenvalue weighted by molar-refractivity contribution is 5.76. The Hall–Kier alpha value is -0.650. The first kappa shape index (κ1) is 17.7. The van der Waals surface area contributed by atoms with Gasteiger partial charge in [-0.1, -0.05) is 13.8 Å². The van der Waals surface area contributed by atoms with Gasteiger partial charge in [0, 0.05) is 51.8 Å². The average Bonchev–Trinajstić information content (AvgIpc) is 2.49. The van der Waals surface area contributed by atoms with Crippen molar-refractivity contribution in [3.63, 3.8) is 0 Å². The highest BCUT2D eigenvalue weighted by atomic mass is 16.5. The van der Waals surface area contributed by atoms with Crippen LogP contribution in [0.5, 0.6) is 0 Å². The summed E-state index contributed by atoms with van der Waals surface area (Å²) in [7, 11) is 2.11. The van der Waals surface area contributed by atoms with Gasteiger partial charge < -0.3 is 19.9 Å². The summed E-state index contributed by atoms with van der Waals surface area (Å²) in [6.07, 6.45) is 4.31. The summed E-state index contributed by atoms with van der Waals surface area (Å²) in [6, 6.07) is 0.413. The molecule has 0 aliphatic carbocycles. The van der Waals surface area contributed by atoms with Gasteiger partial charge in [0.1, 0.15) is 0 Å². The molecule has 5 nitrogen and oxygen atoms in total. The lowest BCUT2D eigenvalue weighted by Crippen LogP contribution is -2.49. The van der Waals surface area contributed by atoms with Crippen LogP contribution in [0.1, 0.15) is 39.5 Å². The number of carbonyl (C=O) groups excluding carboxylic acids is 1. The lowest BCUT2D eigenvalue weighted by atomic mass is 9.94. The summed E-state index contributed by atoms with van der Waals surface area (Å²) in [5.74, 6) is 0.942. The maximum atomic E-state index is 12.2. The molecule has 0 aromatic heterocycles. The third kappa shape index (κ3) is 5.52. The van der Waals surface area contributed by atoms with E-state index in [1.807, 2.05) is 4.90 Å². The quantitative estimate of drug-likeness (QED) is 0.804. The molecule has 0 saturated carbocycles. The molecule has 0 spiro atoms. The summed E-state index contributed by atoms with van der Waals surface area (Å²) in [4.78, 5) is 16.5. The van der Waals surface area contributed by atoms with Gasteiger partial charge in [0.05, 0.1) is 6.10 Å². The Morgan fingerprint density at radius 3 is 2.68 bits per heavy atom. The van der Waals surface area contributed by atoms with Crippen molar-refractivity contribution in [2.75, 3.05) is 46.4 Å². The van der Waals surface area contributed by atoms with Crippen LogP contribution >= 0.6 is 0 Å².